The third-order valence-electron chi connectivity index (χ3n) is 3.68. The first-order valence-corrected chi connectivity index (χ1v) is 7.86. The van der Waals surface area contributed by atoms with Gasteiger partial charge in [0.05, 0.1) is 32.2 Å². The van der Waals surface area contributed by atoms with Gasteiger partial charge in [-0.25, -0.2) is 0 Å². The van der Waals surface area contributed by atoms with Gasteiger partial charge in [0.1, 0.15) is 5.69 Å². The predicted molar refractivity (Wildman–Crippen MR) is 94.0 cm³/mol. The molecule has 0 fully saturated rings. The highest BCUT2D eigenvalue weighted by atomic mass is 35.5. The third-order valence-corrected chi connectivity index (χ3v) is 4.75. The summed E-state index contributed by atoms with van der Waals surface area (Å²) < 4.78 is 40.3. The summed E-state index contributed by atoms with van der Waals surface area (Å²) in [6, 6.07) is 1.99. The van der Waals surface area contributed by atoms with Crippen molar-refractivity contribution in [2.24, 2.45) is 0 Å². The van der Waals surface area contributed by atoms with Crippen LogP contribution in [0.25, 0.3) is 0 Å². The molecular formula is C15H10Cl2F3N3O4. The Morgan fingerprint density at radius 1 is 1.00 bits per heavy atom. The molecule has 0 radical (unpaired) electrons. The van der Waals surface area contributed by atoms with Crippen LogP contribution < -0.4 is 5.32 Å². The van der Waals surface area contributed by atoms with Gasteiger partial charge in [0, 0.05) is 11.1 Å². The van der Waals surface area contributed by atoms with E-state index < -0.39 is 38.6 Å². The number of anilines is 2. The number of nitrogens with zero attached hydrogens (tertiary/aromatic N) is 2. The van der Waals surface area contributed by atoms with Gasteiger partial charge >= 0.3 is 6.18 Å². The van der Waals surface area contributed by atoms with Crippen LogP contribution in [0.15, 0.2) is 18.2 Å². The van der Waals surface area contributed by atoms with Gasteiger partial charge in [0.25, 0.3) is 11.4 Å². The number of halogens is 5. The molecule has 0 bridgehead atoms. The van der Waals surface area contributed by atoms with Crippen molar-refractivity contribution in [2.45, 2.75) is 20.0 Å². The second-order valence-corrected chi connectivity index (χ2v) is 6.27. The van der Waals surface area contributed by atoms with E-state index in [1.807, 2.05) is 0 Å². The summed E-state index contributed by atoms with van der Waals surface area (Å²) >= 11 is 12.1. The number of hydrogen-bond donors (Lipinski definition) is 1. The number of alkyl halides is 3. The number of benzene rings is 2. The van der Waals surface area contributed by atoms with Gasteiger partial charge < -0.3 is 5.32 Å². The molecule has 0 saturated heterocycles. The van der Waals surface area contributed by atoms with Crippen molar-refractivity contribution >= 4 is 46.0 Å². The fourth-order valence-corrected chi connectivity index (χ4v) is 2.77. The average molecular weight is 424 g/mol. The molecule has 0 aliphatic rings. The van der Waals surface area contributed by atoms with Crippen molar-refractivity contribution in [3.63, 3.8) is 0 Å². The molecule has 2 aromatic rings. The molecule has 0 aromatic heterocycles. The average Bonchev–Trinajstić information content (AvgIpc) is 2.56. The van der Waals surface area contributed by atoms with Crippen molar-refractivity contribution in [1.29, 1.82) is 0 Å². The van der Waals surface area contributed by atoms with Crippen molar-refractivity contribution in [1.82, 2.24) is 0 Å². The molecule has 0 unspecified atom stereocenters. The van der Waals surface area contributed by atoms with Gasteiger partial charge in [-0.3, -0.25) is 20.2 Å². The normalized spacial score (nSPS) is 11.4. The van der Waals surface area contributed by atoms with Gasteiger partial charge in [-0.05, 0) is 31.0 Å². The first-order valence-electron chi connectivity index (χ1n) is 7.10. The van der Waals surface area contributed by atoms with E-state index >= 15 is 0 Å². The molecule has 0 saturated carbocycles. The maximum atomic E-state index is 13.4. The quantitative estimate of drug-likeness (QED) is 0.466. The Morgan fingerprint density at radius 3 is 2.07 bits per heavy atom. The Labute approximate surface area is 160 Å². The molecule has 0 aliphatic heterocycles. The van der Waals surface area contributed by atoms with E-state index in [1.165, 1.54) is 13.0 Å². The van der Waals surface area contributed by atoms with Gasteiger partial charge in [-0.15, -0.1) is 0 Å². The van der Waals surface area contributed by atoms with E-state index in [4.69, 9.17) is 23.2 Å². The number of nitro groups is 2. The maximum absolute atomic E-state index is 13.4. The van der Waals surface area contributed by atoms with Crippen LogP contribution in [0, 0.1) is 34.1 Å². The summed E-state index contributed by atoms with van der Waals surface area (Å²) in [6.45, 7) is 3.10. The second-order valence-electron chi connectivity index (χ2n) is 5.52. The highest BCUT2D eigenvalue weighted by molar-refractivity contribution is 6.38. The lowest BCUT2D eigenvalue weighted by atomic mass is 10.1. The molecule has 27 heavy (non-hydrogen) atoms. The minimum Gasteiger partial charge on any atom is -0.348 e. The van der Waals surface area contributed by atoms with Gasteiger partial charge in [0.15, 0.2) is 0 Å². The Morgan fingerprint density at radius 2 is 1.59 bits per heavy atom. The van der Waals surface area contributed by atoms with Crippen molar-refractivity contribution in [3.8, 4) is 0 Å². The molecule has 12 heteroatoms. The molecule has 7 nitrogen and oxygen atoms in total. The number of aryl methyl sites for hydroxylation is 1. The standard InChI is InChI=1S/C15H10Cl2F3N3O4/c1-6-3-10(13(17)7(2)12(6)16)21-14-9(15(18,19)20)4-8(22(24)25)5-11(14)23(26)27/h3-5,21H,1-2H3. The van der Waals surface area contributed by atoms with Gasteiger partial charge in [-0.2, -0.15) is 13.2 Å². The van der Waals surface area contributed by atoms with E-state index in [1.54, 1.807) is 6.92 Å². The molecule has 0 spiro atoms. The van der Waals surface area contributed by atoms with E-state index in [0.717, 1.165) is 0 Å². The zero-order chi connectivity index (χ0) is 20.7. The van der Waals surface area contributed by atoms with Crippen molar-refractivity contribution in [3.05, 3.63) is 65.2 Å². The Hall–Kier alpha value is -2.59. The SMILES string of the molecule is Cc1cc(Nc2c([N+](=O)[O-])cc([N+](=O)[O-])cc2C(F)(F)F)c(Cl)c(C)c1Cl. The van der Waals surface area contributed by atoms with Crippen LogP contribution in [-0.4, -0.2) is 9.85 Å². The topological polar surface area (TPSA) is 98.3 Å². The lowest BCUT2D eigenvalue weighted by Crippen LogP contribution is -2.12. The van der Waals surface area contributed by atoms with Crippen molar-refractivity contribution < 1.29 is 23.0 Å². The Kier molecular flexibility index (Phi) is 5.52. The van der Waals surface area contributed by atoms with E-state index in [0.29, 0.717) is 22.2 Å². The zero-order valence-corrected chi connectivity index (χ0v) is 15.2. The minimum absolute atomic E-state index is 0.0358. The Bertz CT molecular complexity index is 965. The number of hydrogen-bond acceptors (Lipinski definition) is 5. The molecule has 2 rings (SSSR count). The van der Waals surface area contributed by atoms with Crippen LogP contribution in [0.1, 0.15) is 16.7 Å². The number of non-ortho nitro benzene ring substituents is 1. The summed E-state index contributed by atoms with van der Waals surface area (Å²) in [7, 11) is 0. The first kappa shape index (κ1) is 20.7. The second kappa shape index (κ2) is 7.20. The molecule has 0 aliphatic carbocycles. The van der Waals surface area contributed by atoms with Crippen LogP contribution in [0.2, 0.25) is 10.0 Å². The van der Waals surface area contributed by atoms with Crippen LogP contribution >= 0.6 is 23.2 Å². The minimum atomic E-state index is -5.10. The number of rotatable bonds is 4. The fourth-order valence-electron chi connectivity index (χ4n) is 2.38. The van der Waals surface area contributed by atoms with Crippen LogP contribution in [0.3, 0.4) is 0 Å². The van der Waals surface area contributed by atoms with Crippen LogP contribution in [0.4, 0.5) is 35.9 Å². The molecule has 0 amide bonds. The lowest BCUT2D eigenvalue weighted by Gasteiger charge is -2.17. The fraction of sp³-hybridized carbons (Fsp3) is 0.200. The highest BCUT2D eigenvalue weighted by Gasteiger charge is 2.40. The maximum Gasteiger partial charge on any atom is 0.418 e. The van der Waals surface area contributed by atoms with Gasteiger partial charge in [-0.1, -0.05) is 23.2 Å². The lowest BCUT2D eigenvalue weighted by molar-refractivity contribution is -0.394. The third kappa shape index (κ3) is 4.06. The summed E-state index contributed by atoms with van der Waals surface area (Å²) in [4.78, 5) is 19.8. The predicted octanol–water partition coefficient (Wildman–Crippen LogP) is 6.19. The van der Waals surface area contributed by atoms with Crippen molar-refractivity contribution in [2.75, 3.05) is 5.32 Å². The van der Waals surface area contributed by atoms with E-state index in [9.17, 15) is 33.4 Å². The largest absolute Gasteiger partial charge is 0.418 e. The molecule has 144 valence electrons. The number of nitro benzene ring substituents is 2. The molecule has 2 aromatic carbocycles. The van der Waals surface area contributed by atoms with E-state index in [2.05, 4.69) is 5.32 Å². The van der Waals surface area contributed by atoms with E-state index in [-0.39, 0.29) is 16.8 Å². The summed E-state index contributed by atoms with van der Waals surface area (Å²) in [6.07, 6.45) is -5.10. The van der Waals surface area contributed by atoms with Crippen LogP contribution in [0.5, 0.6) is 0 Å². The molecule has 1 N–H and O–H groups in total. The smallest absolute Gasteiger partial charge is 0.348 e. The first-order chi connectivity index (χ1) is 12.3. The van der Waals surface area contributed by atoms with Crippen LogP contribution in [-0.2, 0) is 6.18 Å². The molecule has 0 atom stereocenters. The highest BCUT2D eigenvalue weighted by Crippen LogP contribution is 2.45. The molecular weight excluding hydrogens is 414 g/mol. The summed E-state index contributed by atoms with van der Waals surface area (Å²) in [5, 5.41) is 24.7. The monoisotopic (exact) mass is 423 g/mol. The van der Waals surface area contributed by atoms with Gasteiger partial charge in [0.2, 0.25) is 0 Å². The molecule has 0 heterocycles. The zero-order valence-electron chi connectivity index (χ0n) is 13.6. The summed E-state index contributed by atoms with van der Waals surface area (Å²) in [5.74, 6) is 0. The number of nitrogens with one attached hydrogen (secondary N) is 1. The summed E-state index contributed by atoms with van der Waals surface area (Å²) in [5.41, 5.74) is -3.92. The Balaban J connectivity index is 2.80.